The third kappa shape index (κ3) is 7.24. The average Bonchev–Trinajstić information content (AvgIpc) is 3.53. The zero-order valence-corrected chi connectivity index (χ0v) is 30.9. The largest absolute Gasteiger partial charge is 0.433 e. The van der Waals surface area contributed by atoms with Gasteiger partial charge in [0.05, 0.1) is 23.7 Å². The predicted molar refractivity (Wildman–Crippen MR) is 194 cm³/mol. The molecule has 4 atom stereocenters. The summed E-state index contributed by atoms with van der Waals surface area (Å²) in [6, 6.07) is 4.84. The molecule has 5 heterocycles. The minimum Gasteiger partial charge on any atom is -0.327 e. The van der Waals surface area contributed by atoms with Crippen LogP contribution < -0.4 is 0 Å². The second-order valence-electron chi connectivity index (χ2n) is 15.3. The van der Waals surface area contributed by atoms with Crippen molar-refractivity contribution in [1.29, 1.82) is 0 Å². The highest BCUT2D eigenvalue weighted by molar-refractivity contribution is 6.07. The molecule has 0 N–H and O–H groups in total. The molecule has 1 saturated heterocycles. The lowest BCUT2D eigenvalue weighted by molar-refractivity contribution is -0.141. The number of carbonyl (C=O) groups excluding carboxylic acids is 4. The summed E-state index contributed by atoms with van der Waals surface area (Å²) in [5.41, 5.74) is 2.15. The second-order valence-corrected chi connectivity index (χ2v) is 15.3. The maximum absolute atomic E-state index is 14.6. The van der Waals surface area contributed by atoms with Gasteiger partial charge in [-0.2, -0.15) is 18.3 Å². The number of hydrogen-bond donors (Lipinski definition) is 0. The van der Waals surface area contributed by atoms with Gasteiger partial charge in [-0.25, -0.2) is 15.0 Å². The number of pyridine rings is 1. The quantitative estimate of drug-likeness (QED) is 0.156. The number of ketones is 3. The Hall–Kier alpha value is -5.07. The molecule has 282 valence electrons. The van der Waals surface area contributed by atoms with E-state index in [4.69, 9.17) is 0 Å². The minimum absolute atomic E-state index is 0.0167. The molecule has 3 aliphatic rings. The van der Waals surface area contributed by atoms with Crippen LogP contribution in [0, 0.1) is 25.2 Å². The number of Topliss-reactive ketones (excluding diaryl/α,β-unsaturated/α-hetero) is 3. The number of amides is 1. The van der Waals surface area contributed by atoms with Gasteiger partial charge in [-0.1, -0.05) is 25.1 Å². The average molecular weight is 741 g/mol. The summed E-state index contributed by atoms with van der Waals surface area (Å²) in [4.78, 5) is 69.1. The molecule has 2 bridgehead atoms. The lowest BCUT2D eigenvalue weighted by Crippen LogP contribution is -2.45. The monoisotopic (exact) mass is 740 g/mol. The molecule has 7 rings (SSSR count). The van der Waals surface area contributed by atoms with E-state index < -0.39 is 29.1 Å². The molecule has 4 aromatic rings. The number of alkyl halides is 3. The van der Waals surface area contributed by atoms with Gasteiger partial charge in [0.2, 0.25) is 5.91 Å². The van der Waals surface area contributed by atoms with Crippen molar-refractivity contribution in [3.8, 4) is 11.1 Å². The predicted octanol–water partition coefficient (Wildman–Crippen LogP) is 7.17. The number of halogens is 3. The van der Waals surface area contributed by atoms with E-state index in [1.165, 1.54) is 13.0 Å². The first-order valence-electron chi connectivity index (χ1n) is 18.5. The van der Waals surface area contributed by atoms with E-state index in [9.17, 15) is 32.3 Å². The Morgan fingerprint density at radius 1 is 1.02 bits per heavy atom. The Morgan fingerprint density at radius 2 is 1.78 bits per heavy atom. The summed E-state index contributed by atoms with van der Waals surface area (Å²) in [7, 11) is 0. The van der Waals surface area contributed by atoms with Crippen molar-refractivity contribution in [3.05, 3.63) is 82.8 Å². The highest BCUT2D eigenvalue weighted by Gasteiger charge is 2.66. The number of piperidine rings is 1. The number of aromatic nitrogens is 5. The van der Waals surface area contributed by atoms with Gasteiger partial charge in [-0.05, 0) is 99.1 Å². The Morgan fingerprint density at radius 3 is 2.50 bits per heavy atom. The van der Waals surface area contributed by atoms with Crippen LogP contribution in [0.4, 0.5) is 13.2 Å². The molecule has 3 aromatic heterocycles. The smallest absolute Gasteiger partial charge is 0.327 e. The van der Waals surface area contributed by atoms with Crippen LogP contribution in [0.15, 0.2) is 48.8 Å². The molecule has 0 spiro atoms. The first kappa shape index (κ1) is 37.3. The molecule has 0 radical (unpaired) electrons. The van der Waals surface area contributed by atoms with Gasteiger partial charge in [0.1, 0.15) is 29.5 Å². The van der Waals surface area contributed by atoms with Crippen LogP contribution in [0.3, 0.4) is 0 Å². The maximum Gasteiger partial charge on any atom is 0.433 e. The molecule has 1 aromatic carbocycles. The molecular weight excluding hydrogens is 697 g/mol. The third-order valence-electron chi connectivity index (χ3n) is 11.5. The Balaban J connectivity index is 1.29. The highest BCUT2D eigenvalue weighted by atomic mass is 19.4. The zero-order chi connectivity index (χ0) is 38.5. The van der Waals surface area contributed by atoms with Crippen LogP contribution >= 0.6 is 0 Å². The number of rotatable bonds is 5. The Kier molecular flexibility index (Phi) is 9.86. The van der Waals surface area contributed by atoms with Crippen LogP contribution in [0.2, 0.25) is 0 Å². The first-order chi connectivity index (χ1) is 25.6. The first-order valence-corrected chi connectivity index (χ1v) is 18.5. The van der Waals surface area contributed by atoms with Crippen molar-refractivity contribution < 1.29 is 32.3 Å². The minimum atomic E-state index is -4.68. The van der Waals surface area contributed by atoms with Gasteiger partial charge in [-0.3, -0.25) is 23.9 Å². The number of nitrogens with zero attached hydrogens (tertiary/aromatic N) is 6. The molecule has 1 saturated carbocycles. The van der Waals surface area contributed by atoms with Crippen molar-refractivity contribution in [1.82, 2.24) is 29.6 Å². The fraction of sp³-hybridized carbons (Fsp3) is 0.463. The van der Waals surface area contributed by atoms with Crippen LogP contribution in [0.1, 0.15) is 97.6 Å². The number of carbonyl (C=O) groups is 4. The molecular formula is C41H43F3N6O4. The van der Waals surface area contributed by atoms with Crippen molar-refractivity contribution in [2.24, 2.45) is 11.3 Å². The van der Waals surface area contributed by atoms with Crippen LogP contribution in [0.5, 0.6) is 0 Å². The third-order valence-corrected chi connectivity index (χ3v) is 11.5. The molecule has 2 aliphatic heterocycles. The van der Waals surface area contributed by atoms with Gasteiger partial charge in [0.15, 0.2) is 11.6 Å². The molecule has 2 fully saturated rings. The second kappa shape index (κ2) is 14.3. The fourth-order valence-electron chi connectivity index (χ4n) is 8.32. The molecule has 0 unspecified atom stereocenters. The normalized spacial score (nSPS) is 24.2. The van der Waals surface area contributed by atoms with Gasteiger partial charge >= 0.3 is 6.18 Å². The molecule has 1 aliphatic carbocycles. The summed E-state index contributed by atoms with van der Waals surface area (Å²) in [5.74, 6) is -0.431. The fourth-order valence-corrected chi connectivity index (χ4v) is 8.32. The van der Waals surface area contributed by atoms with E-state index in [2.05, 4.69) is 26.1 Å². The van der Waals surface area contributed by atoms with E-state index in [1.54, 1.807) is 35.8 Å². The van der Waals surface area contributed by atoms with Gasteiger partial charge in [-0.15, -0.1) is 0 Å². The lowest BCUT2D eigenvalue weighted by atomic mass is 9.88. The van der Waals surface area contributed by atoms with Crippen LogP contribution in [-0.4, -0.2) is 65.0 Å². The van der Waals surface area contributed by atoms with Crippen molar-refractivity contribution in [3.63, 3.8) is 0 Å². The van der Waals surface area contributed by atoms with Gasteiger partial charge in [0, 0.05) is 48.6 Å². The van der Waals surface area contributed by atoms with E-state index in [1.807, 2.05) is 25.1 Å². The molecule has 13 heteroatoms. The van der Waals surface area contributed by atoms with Crippen molar-refractivity contribution in [2.45, 2.75) is 110 Å². The topological polar surface area (TPSA) is 128 Å². The standard InChI is InChI=1S/C41H43F3N6O4/c1-23-11-12-35(41(42,43)44)47-31(23)17-34(53)32-18-40-14-13-33(52)24(2)9-7-5-6-8-10-27-15-28(29-20-45-26(4)46-21-29)16-30-38(25(3)51)48-49(39(27)30)22-37(54)50(32)36(40)19-40/h6,8,11-12,15-16,20-21,24,32,36H,5,7,9-10,13-14,17-19,22H2,1-4H3/b8-6+/t24-,32+,36-,40+/m1/s1. The molecule has 1 amide bonds. The SMILES string of the molecule is CC(=O)c1nn2c3c(cc(-c4cnc(C)nc4)cc13)C/C=C/CCC[C@@H](C)C(=O)CC[C@@]13C[C@@H](C(=O)Cc4nc(C(F)(F)F)ccc4C)N(C(=O)C2)[C@@H]1C3. The highest BCUT2D eigenvalue weighted by Crippen LogP contribution is 2.62. The summed E-state index contributed by atoms with van der Waals surface area (Å²) < 4.78 is 42.3. The zero-order valence-electron chi connectivity index (χ0n) is 30.9. The van der Waals surface area contributed by atoms with E-state index in [0.29, 0.717) is 54.4 Å². The van der Waals surface area contributed by atoms with Crippen LogP contribution in [0.25, 0.3) is 22.0 Å². The van der Waals surface area contributed by atoms with Crippen LogP contribution in [-0.2, 0) is 39.9 Å². The van der Waals surface area contributed by atoms with E-state index in [-0.39, 0.29) is 53.8 Å². The number of hydrogen-bond acceptors (Lipinski definition) is 8. The summed E-state index contributed by atoms with van der Waals surface area (Å²) in [5, 5.41) is 5.27. The summed E-state index contributed by atoms with van der Waals surface area (Å²) in [6.45, 7) is 6.51. The maximum atomic E-state index is 14.6. The van der Waals surface area contributed by atoms with Gasteiger partial charge in [0.25, 0.3) is 0 Å². The Labute approximate surface area is 311 Å². The van der Waals surface area contributed by atoms with Gasteiger partial charge < -0.3 is 4.90 Å². The number of allylic oxidation sites excluding steroid dienone is 2. The summed E-state index contributed by atoms with van der Waals surface area (Å²) >= 11 is 0. The summed E-state index contributed by atoms with van der Waals surface area (Å²) in [6.07, 6.45) is 7.14. The lowest BCUT2D eigenvalue weighted by Gasteiger charge is -2.27. The number of aryl methyl sites for hydroxylation is 2. The molecule has 10 nitrogen and oxygen atoms in total. The van der Waals surface area contributed by atoms with E-state index in [0.717, 1.165) is 42.0 Å². The van der Waals surface area contributed by atoms with Crippen molar-refractivity contribution >= 4 is 34.2 Å². The molecule has 54 heavy (non-hydrogen) atoms. The van der Waals surface area contributed by atoms with E-state index >= 15 is 0 Å². The van der Waals surface area contributed by atoms with Crippen molar-refractivity contribution in [2.75, 3.05) is 0 Å². The Bertz CT molecular complexity index is 2190. The number of benzene rings is 1.